The molecule has 2 aromatic carbocycles. The minimum Gasteiger partial charge on any atom is -0.492 e. The number of carbonyl (C=O) groups excluding carboxylic acids is 1. The van der Waals surface area contributed by atoms with Crippen LogP contribution in [0.2, 0.25) is 0 Å². The van der Waals surface area contributed by atoms with Crippen LogP contribution in [-0.2, 0) is 11.3 Å². The van der Waals surface area contributed by atoms with Gasteiger partial charge in [-0.1, -0.05) is 37.3 Å². The van der Waals surface area contributed by atoms with Crippen molar-refractivity contribution in [2.24, 2.45) is 0 Å². The molecule has 1 unspecified atom stereocenters. The van der Waals surface area contributed by atoms with Gasteiger partial charge in [0.1, 0.15) is 12.4 Å². The molecule has 0 spiro atoms. The maximum atomic E-state index is 13.1. The first-order valence-electron chi connectivity index (χ1n) is 9.20. The van der Waals surface area contributed by atoms with Crippen molar-refractivity contribution in [2.75, 3.05) is 31.1 Å². The van der Waals surface area contributed by atoms with Gasteiger partial charge in [0.25, 0.3) is 0 Å². The lowest BCUT2D eigenvalue weighted by Crippen LogP contribution is -2.41. The van der Waals surface area contributed by atoms with Crippen LogP contribution < -0.4 is 9.64 Å². The third-order valence-corrected chi connectivity index (χ3v) is 6.17. The van der Waals surface area contributed by atoms with Crippen molar-refractivity contribution in [2.45, 2.75) is 30.0 Å². The van der Waals surface area contributed by atoms with Crippen molar-refractivity contribution in [3.8, 4) is 5.75 Å². The quantitative estimate of drug-likeness (QED) is 0.807. The monoisotopic (exact) mass is 368 g/mol. The number of amides is 1. The van der Waals surface area contributed by atoms with E-state index in [0.717, 1.165) is 43.1 Å². The number of carbonyl (C=O) groups is 1. The van der Waals surface area contributed by atoms with Gasteiger partial charge in [0, 0.05) is 35.3 Å². The Balaban J connectivity index is 1.51. The average molecular weight is 369 g/mol. The van der Waals surface area contributed by atoms with E-state index in [1.54, 1.807) is 0 Å². The molecule has 5 heteroatoms. The van der Waals surface area contributed by atoms with Crippen LogP contribution in [0.4, 0.5) is 5.69 Å². The van der Waals surface area contributed by atoms with Crippen molar-refractivity contribution in [3.05, 3.63) is 54.1 Å². The van der Waals surface area contributed by atoms with Crippen molar-refractivity contribution < 1.29 is 9.53 Å². The highest BCUT2D eigenvalue weighted by Crippen LogP contribution is 2.37. The number of anilines is 1. The lowest BCUT2D eigenvalue weighted by molar-refractivity contribution is -0.119. The summed E-state index contributed by atoms with van der Waals surface area (Å²) in [5.41, 5.74) is 2.21. The number of nitrogens with zero attached hydrogens (tertiary/aromatic N) is 2. The van der Waals surface area contributed by atoms with Crippen LogP contribution in [0.25, 0.3) is 0 Å². The summed E-state index contributed by atoms with van der Waals surface area (Å²) in [7, 11) is 0. The lowest BCUT2D eigenvalue weighted by atomic mass is 10.2. The number of thioether (sulfide) groups is 1. The number of fused-ring (bicyclic) bond motifs is 2. The molecule has 0 saturated heterocycles. The van der Waals surface area contributed by atoms with Crippen LogP contribution in [-0.4, -0.2) is 42.3 Å². The first-order chi connectivity index (χ1) is 12.7. The topological polar surface area (TPSA) is 32.8 Å². The van der Waals surface area contributed by atoms with Gasteiger partial charge in [-0.3, -0.25) is 9.69 Å². The number of hydrogen-bond donors (Lipinski definition) is 0. The second kappa shape index (κ2) is 7.72. The highest BCUT2D eigenvalue weighted by Gasteiger charge is 2.26. The molecule has 2 aromatic rings. The Hall–Kier alpha value is -1.98. The fourth-order valence-corrected chi connectivity index (χ4v) is 4.65. The molecule has 0 fully saturated rings. The van der Waals surface area contributed by atoms with Gasteiger partial charge in [0.05, 0.1) is 12.2 Å². The van der Waals surface area contributed by atoms with E-state index >= 15 is 0 Å². The van der Waals surface area contributed by atoms with Gasteiger partial charge in [-0.15, -0.1) is 11.8 Å². The van der Waals surface area contributed by atoms with Crippen molar-refractivity contribution in [3.63, 3.8) is 0 Å². The molecule has 136 valence electrons. The second-order valence-corrected chi connectivity index (χ2v) is 8.38. The van der Waals surface area contributed by atoms with Crippen LogP contribution in [0.5, 0.6) is 5.75 Å². The minimum absolute atomic E-state index is 0.173. The summed E-state index contributed by atoms with van der Waals surface area (Å²) in [5, 5.41) is 0.521. The third kappa shape index (κ3) is 3.74. The number of para-hydroxylation sites is 2. The van der Waals surface area contributed by atoms with Crippen LogP contribution >= 0.6 is 11.8 Å². The predicted molar refractivity (Wildman–Crippen MR) is 106 cm³/mol. The Bertz CT molecular complexity index is 795. The molecule has 0 saturated carbocycles. The largest absolute Gasteiger partial charge is 0.492 e. The van der Waals surface area contributed by atoms with Crippen LogP contribution in [0.15, 0.2) is 53.4 Å². The molecule has 0 N–H and O–H groups in total. The van der Waals surface area contributed by atoms with E-state index in [0.29, 0.717) is 18.4 Å². The minimum atomic E-state index is 0.173. The van der Waals surface area contributed by atoms with Gasteiger partial charge in [-0.2, -0.15) is 0 Å². The molecule has 4 nitrogen and oxygen atoms in total. The highest BCUT2D eigenvalue weighted by molar-refractivity contribution is 8.00. The van der Waals surface area contributed by atoms with Crippen molar-refractivity contribution in [1.29, 1.82) is 0 Å². The first kappa shape index (κ1) is 17.4. The van der Waals surface area contributed by atoms with E-state index in [9.17, 15) is 4.79 Å². The molecule has 0 aromatic heterocycles. The Morgan fingerprint density at radius 3 is 2.88 bits per heavy atom. The zero-order valence-corrected chi connectivity index (χ0v) is 15.9. The van der Waals surface area contributed by atoms with Crippen LogP contribution in [0, 0.1) is 0 Å². The fourth-order valence-electron chi connectivity index (χ4n) is 3.54. The standard InChI is InChI=1S/C21H24N2O2S/c1-16-10-11-23(18-7-3-5-9-20(18)26-16)21(24)15-22-12-13-25-19-8-4-2-6-17(19)14-22/h2-9,16H,10-15H2,1H3. The molecule has 0 aliphatic carbocycles. The highest BCUT2D eigenvalue weighted by atomic mass is 32.2. The molecule has 2 aliphatic rings. The van der Waals surface area contributed by atoms with E-state index in [1.807, 2.05) is 40.9 Å². The lowest BCUT2D eigenvalue weighted by Gasteiger charge is -2.26. The number of benzene rings is 2. The normalized spacial score (nSPS) is 20.3. The zero-order valence-electron chi connectivity index (χ0n) is 15.1. The molecule has 1 atom stereocenters. The van der Waals surface area contributed by atoms with Gasteiger partial charge in [0.15, 0.2) is 0 Å². The predicted octanol–water partition coefficient (Wildman–Crippen LogP) is 3.80. The number of rotatable bonds is 2. The Kier molecular flexibility index (Phi) is 5.18. The smallest absolute Gasteiger partial charge is 0.241 e. The van der Waals surface area contributed by atoms with Crippen molar-refractivity contribution >= 4 is 23.4 Å². The molecule has 0 bridgehead atoms. The van der Waals surface area contributed by atoms with Crippen LogP contribution in [0.1, 0.15) is 18.9 Å². The summed E-state index contributed by atoms with van der Waals surface area (Å²) in [5.74, 6) is 1.11. The average Bonchev–Trinajstić information content (AvgIpc) is 2.94. The van der Waals surface area contributed by atoms with E-state index in [2.05, 4.69) is 36.1 Å². The summed E-state index contributed by atoms with van der Waals surface area (Å²) in [6.07, 6.45) is 1.01. The van der Waals surface area contributed by atoms with E-state index in [4.69, 9.17) is 4.74 Å². The van der Waals surface area contributed by atoms with Gasteiger partial charge >= 0.3 is 0 Å². The van der Waals surface area contributed by atoms with Gasteiger partial charge in [-0.25, -0.2) is 0 Å². The summed E-state index contributed by atoms with van der Waals surface area (Å²) < 4.78 is 5.83. The summed E-state index contributed by atoms with van der Waals surface area (Å²) in [4.78, 5) is 18.5. The first-order valence-corrected chi connectivity index (χ1v) is 10.1. The fraction of sp³-hybridized carbons (Fsp3) is 0.381. The molecule has 2 aliphatic heterocycles. The summed E-state index contributed by atoms with van der Waals surface area (Å²) in [6.45, 7) is 5.58. The molecule has 4 rings (SSSR count). The third-order valence-electron chi connectivity index (χ3n) is 4.93. The molecular weight excluding hydrogens is 344 g/mol. The summed E-state index contributed by atoms with van der Waals surface area (Å²) in [6, 6.07) is 16.4. The molecule has 26 heavy (non-hydrogen) atoms. The van der Waals surface area contributed by atoms with Gasteiger partial charge in [0.2, 0.25) is 5.91 Å². The van der Waals surface area contributed by atoms with Crippen LogP contribution in [0.3, 0.4) is 0 Å². The van der Waals surface area contributed by atoms with Crippen molar-refractivity contribution in [1.82, 2.24) is 4.90 Å². The number of hydrogen-bond acceptors (Lipinski definition) is 4. The second-order valence-electron chi connectivity index (χ2n) is 6.90. The Labute approximate surface area is 159 Å². The van der Waals surface area contributed by atoms with Gasteiger partial charge in [-0.05, 0) is 24.6 Å². The van der Waals surface area contributed by atoms with E-state index in [1.165, 1.54) is 4.90 Å². The molecular formula is C21H24N2O2S. The Morgan fingerprint density at radius 2 is 1.96 bits per heavy atom. The number of ether oxygens (including phenoxy) is 1. The maximum Gasteiger partial charge on any atom is 0.241 e. The van der Waals surface area contributed by atoms with Gasteiger partial charge < -0.3 is 9.64 Å². The molecule has 2 heterocycles. The zero-order chi connectivity index (χ0) is 17.9. The van der Waals surface area contributed by atoms with E-state index < -0.39 is 0 Å². The Morgan fingerprint density at radius 1 is 1.15 bits per heavy atom. The summed E-state index contributed by atoms with van der Waals surface area (Å²) >= 11 is 1.87. The SMILES string of the molecule is CC1CCN(C(=O)CN2CCOc3ccccc3C2)c2ccccc2S1. The van der Waals surface area contributed by atoms with E-state index in [-0.39, 0.29) is 5.91 Å². The maximum absolute atomic E-state index is 13.1. The molecule has 1 amide bonds. The molecule has 0 radical (unpaired) electrons.